The van der Waals surface area contributed by atoms with Crippen LogP contribution in [0.4, 0.5) is 0 Å². The van der Waals surface area contributed by atoms with Gasteiger partial charge in [0, 0.05) is 19.0 Å². The lowest BCUT2D eigenvalue weighted by Crippen LogP contribution is -2.28. The molecular weight excluding hydrogens is 224 g/mol. The van der Waals surface area contributed by atoms with E-state index >= 15 is 0 Å². The molecule has 0 bridgehead atoms. The van der Waals surface area contributed by atoms with Crippen LogP contribution in [0.25, 0.3) is 0 Å². The highest BCUT2D eigenvalue weighted by molar-refractivity contribution is 4.89. The minimum absolute atomic E-state index is 0.243. The van der Waals surface area contributed by atoms with Gasteiger partial charge in [-0.3, -0.25) is 4.68 Å². The molecule has 102 valence electrons. The van der Waals surface area contributed by atoms with Gasteiger partial charge in [-0.15, -0.1) is 0 Å². The van der Waals surface area contributed by atoms with Crippen LogP contribution in [0, 0.1) is 5.92 Å². The largest absolute Gasteiger partial charge is 0.327 e. The molecule has 2 N–H and O–H groups in total. The summed E-state index contributed by atoms with van der Waals surface area (Å²) in [4.78, 5) is 4.34. The third-order valence-corrected chi connectivity index (χ3v) is 3.94. The van der Waals surface area contributed by atoms with Crippen LogP contribution in [0.1, 0.15) is 57.7 Å². The molecule has 0 amide bonds. The van der Waals surface area contributed by atoms with Gasteiger partial charge in [-0.1, -0.05) is 39.0 Å². The maximum Gasteiger partial charge on any atom is 0.138 e. The van der Waals surface area contributed by atoms with E-state index in [1.165, 1.54) is 32.1 Å². The van der Waals surface area contributed by atoms with E-state index in [1.54, 1.807) is 6.33 Å². The van der Waals surface area contributed by atoms with Crippen LogP contribution in [0.5, 0.6) is 0 Å². The van der Waals surface area contributed by atoms with E-state index in [2.05, 4.69) is 17.0 Å². The Morgan fingerprint density at radius 3 is 2.89 bits per heavy atom. The van der Waals surface area contributed by atoms with Crippen molar-refractivity contribution in [3.05, 3.63) is 12.2 Å². The van der Waals surface area contributed by atoms with Crippen molar-refractivity contribution in [1.29, 1.82) is 0 Å². The molecule has 1 aromatic heterocycles. The van der Waals surface area contributed by atoms with Gasteiger partial charge < -0.3 is 5.73 Å². The second-order valence-electron chi connectivity index (χ2n) is 5.60. The molecule has 2 rings (SSSR count). The van der Waals surface area contributed by atoms with Crippen molar-refractivity contribution in [3.63, 3.8) is 0 Å². The molecular formula is C14H26N4. The topological polar surface area (TPSA) is 56.7 Å². The lowest BCUT2D eigenvalue weighted by Gasteiger charge is -2.24. The summed E-state index contributed by atoms with van der Waals surface area (Å²) in [5.74, 6) is 1.90. The lowest BCUT2D eigenvalue weighted by atomic mass is 9.84. The van der Waals surface area contributed by atoms with E-state index in [4.69, 9.17) is 5.73 Å². The zero-order valence-corrected chi connectivity index (χ0v) is 11.5. The molecule has 0 spiro atoms. The summed E-state index contributed by atoms with van der Waals surface area (Å²) in [6.07, 6.45) is 11.7. The summed E-state index contributed by atoms with van der Waals surface area (Å²) in [6, 6.07) is 0.243. The van der Waals surface area contributed by atoms with Crippen LogP contribution in [0.3, 0.4) is 0 Å². The van der Waals surface area contributed by atoms with E-state index < -0.39 is 0 Å². The van der Waals surface area contributed by atoms with Crippen LogP contribution in [-0.4, -0.2) is 20.8 Å². The molecule has 1 atom stereocenters. The van der Waals surface area contributed by atoms with E-state index in [1.807, 2.05) is 4.68 Å². The normalized spacial score (nSPS) is 19.0. The van der Waals surface area contributed by atoms with E-state index in [0.29, 0.717) is 0 Å². The molecule has 0 radical (unpaired) electrons. The summed E-state index contributed by atoms with van der Waals surface area (Å²) < 4.78 is 2.00. The van der Waals surface area contributed by atoms with Gasteiger partial charge in [0.25, 0.3) is 0 Å². The van der Waals surface area contributed by atoms with Gasteiger partial charge in [0.05, 0.1) is 0 Å². The molecule has 18 heavy (non-hydrogen) atoms. The van der Waals surface area contributed by atoms with Gasteiger partial charge >= 0.3 is 0 Å². The van der Waals surface area contributed by atoms with E-state index in [-0.39, 0.29) is 6.04 Å². The number of nitrogens with two attached hydrogens (primary N) is 1. The summed E-state index contributed by atoms with van der Waals surface area (Å²) in [6.45, 7) is 3.11. The Hall–Kier alpha value is -0.900. The average molecular weight is 250 g/mol. The molecule has 4 nitrogen and oxygen atoms in total. The Morgan fingerprint density at radius 2 is 2.17 bits per heavy atom. The van der Waals surface area contributed by atoms with Crippen LogP contribution in [0.15, 0.2) is 6.33 Å². The summed E-state index contributed by atoms with van der Waals surface area (Å²) >= 11 is 0. The van der Waals surface area contributed by atoms with Crippen molar-refractivity contribution in [2.24, 2.45) is 11.7 Å². The molecule has 0 aliphatic heterocycles. The Bertz CT molecular complexity index is 341. The number of aromatic nitrogens is 3. The zero-order valence-electron chi connectivity index (χ0n) is 11.5. The first kappa shape index (κ1) is 13.5. The summed E-state index contributed by atoms with van der Waals surface area (Å²) in [7, 11) is 0. The molecule has 4 heteroatoms. The third kappa shape index (κ3) is 3.80. The fraction of sp³-hybridized carbons (Fsp3) is 0.857. The van der Waals surface area contributed by atoms with Crippen LogP contribution in [-0.2, 0) is 13.0 Å². The number of aryl methyl sites for hydroxylation is 1. The Kier molecular flexibility index (Phi) is 5.17. The molecule has 1 aromatic rings. The minimum Gasteiger partial charge on any atom is -0.327 e. The molecule has 1 heterocycles. The van der Waals surface area contributed by atoms with Crippen molar-refractivity contribution in [2.45, 2.75) is 70.9 Å². The van der Waals surface area contributed by atoms with E-state index in [0.717, 1.165) is 37.5 Å². The van der Waals surface area contributed by atoms with Gasteiger partial charge in [0.2, 0.25) is 0 Å². The second kappa shape index (κ2) is 6.88. The van der Waals surface area contributed by atoms with Crippen LogP contribution < -0.4 is 5.73 Å². The fourth-order valence-electron chi connectivity index (χ4n) is 3.01. The summed E-state index contributed by atoms with van der Waals surface area (Å²) in [5, 5.41) is 4.26. The molecule has 1 aliphatic rings. The highest BCUT2D eigenvalue weighted by Gasteiger charge is 2.18. The third-order valence-electron chi connectivity index (χ3n) is 3.94. The van der Waals surface area contributed by atoms with Crippen LogP contribution >= 0.6 is 0 Å². The van der Waals surface area contributed by atoms with Gasteiger partial charge in [-0.05, 0) is 18.8 Å². The van der Waals surface area contributed by atoms with Gasteiger partial charge in [-0.2, -0.15) is 5.10 Å². The maximum absolute atomic E-state index is 6.28. The molecule has 0 aromatic carbocycles. The van der Waals surface area contributed by atoms with Crippen molar-refractivity contribution in [2.75, 3.05) is 0 Å². The molecule has 1 fully saturated rings. The molecule has 1 unspecified atom stereocenters. The zero-order chi connectivity index (χ0) is 12.8. The lowest BCUT2D eigenvalue weighted by molar-refractivity contribution is 0.314. The second-order valence-corrected chi connectivity index (χ2v) is 5.60. The first-order chi connectivity index (χ1) is 8.79. The highest BCUT2D eigenvalue weighted by Crippen LogP contribution is 2.27. The van der Waals surface area contributed by atoms with Gasteiger partial charge in [0.15, 0.2) is 0 Å². The molecule has 1 saturated carbocycles. The number of rotatable bonds is 6. The summed E-state index contributed by atoms with van der Waals surface area (Å²) in [5.41, 5.74) is 6.28. The van der Waals surface area contributed by atoms with Crippen molar-refractivity contribution in [1.82, 2.24) is 14.8 Å². The Morgan fingerprint density at radius 1 is 1.39 bits per heavy atom. The Labute approximate surface area is 110 Å². The van der Waals surface area contributed by atoms with Crippen molar-refractivity contribution < 1.29 is 0 Å². The predicted octanol–water partition coefficient (Wildman–Crippen LogP) is 2.53. The number of nitrogens with zero attached hydrogens (tertiary/aromatic N) is 3. The van der Waals surface area contributed by atoms with Gasteiger partial charge in [0.1, 0.15) is 12.2 Å². The number of hydrogen-bond donors (Lipinski definition) is 1. The van der Waals surface area contributed by atoms with E-state index in [9.17, 15) is 0 Å². The SMILES string of the molecule is CCCn1ncnc1CC(N)CC1CCCCC1. The van der Waals surface area contributed by atoms with Crippen LogP contribution in [0.2, 0.25) is 0 Å². The molecule has 0 saturated heterocycles. The smallest absolute Gasteiger partial charge is 0.138 e. The molecule has 1 aliphatic carbocycles. The number of hydrogen-bond acceptors (Lipinski definition) is 3. The quantitative estimate of drug-likeness (QED) is 0.844. The standard InChI is InChI=1S/C14H26N4/c1-2-8-18-14(16-11-17-18)10-13(15)9-12-6-4-3-5-7-12/h11-13H,2-10,15H2,1H3. The first-order valence-corrected chi connectivity index (χ1v) is 7.42. The fourth-order valence-corrected chi connectivity index (χ4v) is 3.01. The first-order valence-electron chi connectivity index (χ1n) is 7.42. The highest BCUT2D eigenvalue weighted by atomic mass is 15.3. The van der Waals surface area contributed by atoms with Crippen molar-refractivity contribution in [3.8, 4) is 0 Å². The minimum atomic E-state index is 0.243. The average Bonchev–Trinajstić information content (AvgIpc) is 2.78. The monoisotopic (exact) mass is 250 g/mol. The van der Waals surface area contributed by atoms with Crippen molar-refractivity contribution >= 4 is 0 Å². The van der Waals surface area contributed by atoms with Gasteiger partial charge in [-0.25, -0.2) is 4.98 Å². The predicted molar refractivity (Wildman–Crippen MR) is 73.2 cm³/mol. The maximum atomic E-state index is 6.28. The Balaban J connectivity index is 1.82.